The van der Waals surface area contributed by atoms with E-state index in [9.17, 15) is 0 Å². The van der Waals surface area contributed by atoms with Crippen LogP contribution < -0.4 is 0 Å². The molecule has 0 nitrogen and oxygen atoms in total. The van der Waals surface area contributed by atoms with Crippen LogP contribution in [0.3, 0.4) is 0 Å². The van der Waals surface area contributed by atoms with Crippen LogP contribution in [0, 0.1) is 0 Å². The average molecular weight is 388 g/mol. The van der Waals surface area contributed by atoms with Gasteiger partial charge in [0.1, 0.15) is 0 Å². The Labute approximate surface area is 102 Å². The minimum atomic E-state index is 1.14. The molecule has 0 aromatic carbocycles. The van der Waals surface area contributed by atoms with Crippen molar-refractivity contribution in [2.24, 2.45) is 0 Å². The van der Waals surface area contributed by atoms with Crippen molar-refractivity contribution in [2.75, 3.05) is 0 Å². The third-order valence-electron chi connectivity index (χ3n) is 1.76. The summed E-state index contributed by atoms with van der Waals surface area (Å²) >= 11 is 1.47. The molecule has 0 unspecified atom stereocenters. The molecule has 2 aliphatic carbocycles. The number of halogens is 1. The molecule has 0 N–H and O–H groups in total. The molecule has 0 heterocycles. The zero-order valence-corrected chi connectivity index (χ0v) is 11.3. The van der Waals surface area contributed by atoms with E-state index in [0.29, 0.717) is 0 Å². The summed E-state index contributed by atoms with van der Waals surface area (Å²) < 4.78 is 0. The summed E-state index contributed by atoms with van der Waals surface area (Å²) in [7, 11) is 4.64. The Morgan fingerprint density at radius 1 is 0.500 bits per heavy atom. The predicted octanol–water partition coefficient (Wildman–Crippen LogP) is 4.47. The van der Waals surface area contributed by atoms with Crippen LogP contribution in [0.4, 0.5) is 0 Å². The van der Waals surface area contributed by atoms with Gasteiger partial charge < -0.3 is 0 Å². The number of hydrogen-bond donors (Lipinski definition) is 0. The molecule has 0 amide bonds. The first-order valence-electron chi connectivity index (χ1n) is 4.73. The third kappa shape index (κ3) is 9.98. The van der Waals surface area contributed by atoms with Gasteiger partial charge in [-0.25, -0.2) is 0 Å². The Morgan fingerprint density at radius 2 is 0.643 bits per heavy atom. The van der Waals surface area contributed by atoms with E-state index in [0.717, 1.165) is 25.7 Å². The molecule has 0 saturated carbocycles. The Kier molecular flexibility index (Phi) is 12.8. The Bertz CT molecular complexity index is 150. The third-order valence-corrected chi connectivity index (χ3v) is 1.76. The van der Waals surface area contributed by atoms with Crippen molar-refractivity contribution in [3.05, 3.63) is 48.6 Å². The monoisotopic (exact) mass is 388 g/mol. The molecule has 2 heteroatoms. The van der Waals surface area contributed by atoms with Gasteiger partial charge in [-0.2, -0.15) is 0 Å². The van der Waals surface area contributed by atoms with Gasteiger partial charge in [0.05, 0.1) is 0 Å². The molecule has 0 atom stereocenters. The summed E-state index contributed by atoms with van der Waals surface area (Å²) in [5, 5.41) is 0. The second-order valence-electron chi connectivity index (χ2n) is 2.83. The molecule has 0 saturated heterocycles. The molecule has 2 aliphatic rings. The maximum absolute atomic E-state index is 4.64. The number of hydrogen-bond acceptors (Lipinski definition) is 0. The van der Waals surface area contributed by atoms with Crippen LogP contribution in [0.25, 0.3) is 0 Å². The molecule has 14 heavy (non-hydrogen) atoms. The van der Waals surface area contributed by atoms with Crippen LogP contribution in [-0.2, 0) is 17.9 Å². The fourth-order valence-corrected chi connectivity index (χ4v) is 1.08. The van der Waals surface area contributed by atoms with Gasteiger partial charge in [-0.05, 0) is 25.7 Å². The Morgan fingerprint density at radius 3 is 0.714 bits per heavy atom. The van der Waals surface area contributed by atoms with Gasteiger partial charge in [-0.1, -0.05) is 48.6 Å². The van der Waals surface area contributed by atoms with Crippen LogP contribution in [0.1, 0.15) is 25.7 Å². The molecule has 0 radical (unpaired) electrons. The van der Waals surface area contributed by atoms with E-state index in [-0.39, 0.29) is 0 Å². The summed E-state index contributed by atoms with van der Waals surface area (Å²) in [6.07, 6.45) is 22.0. The van der Waals surface area contributed by atoms with E-state index in [1.54, 1.807) is 0 Å². The van der Waals surface area contributed by atoms with Gasteiger partial charge in [-0.15, -0.1) is 0 Å². The fourth-order valence-electron chi connectivity index (χ4n) is 1.08. The first-order valence-corrected chi connectivity index (χ1v) is 7.69. The SMILES string of the molecule is C1=CCC=CC1.C1=CCC=CC1.[Cl][Ir]. The molecule has 0 aliphatic heterocycles. The van der Waals surface area contributed by atoms with Gasteiger partial charge in [-0.3, -0.25) is 0 Å². The molecule has 0 aromatic heterocycles. The normalized spacial score (nSPS) is 16.5. The summed E-state index contributed by atoms with van der Waals surface area (Å²) in [4.78, 5) is 0. The second-order valence-corrected chi connectivity index (χ2v) is 2.83. The van der Waals surface area contributed by atoms with E-state index in [4.69, 9.17) is 0 Å². The summed E-state index contributed by atoms with van der Waals surface area (Å²) in [6, 6.07) is 0. The van der Waals surface area contributed by atoms with Crippen molar-refractivity contribution in [1.29, 1.82) is 0 Å². The van der Waals surface area contributed by atoms with Crippen LogP contribution in [0.15, 0.2) is 48.6 Å². The van der Waals surface area contributed by atoms with Crippen molar-refractivity contribution >= 4 is 9.58 Å². The average Bonchev–Trinajstić information content (AvgIpc) is 2.37. The van der Waals surface area contributed by atoms with Crippen molar-refractivity contribution in [2.45, 2.75) is 25.7 Å². The molecule has 0 fully saturated rings. The zero-order chi connectivity index (χ0) is 10.5. The van der Waals surface area contributed by atoms with E-state index in [2.05, 4.69) is 58.2 Å². The summed E-state index contributed by atoms with van der Waals surface area (Å²) in [5.41, 5.74) is 0. The van der Waals surface area contributed by atoms with Crippen molar-refractivity contribution in [3.63, 3.8) is 0 Å². The molecule has 2 rings (SSSR count). The number of allylic oxidation sites excluding steroid dienone is 8. The second kappa shape index (κ2) is 12.9. The Balaban J connectivity index is 0.000000206. The standard InChI is InChI=1S/2C6H8.ClH.Ir/c2*1-2-4-6-5-3-1;;/h2*1-2,5-6H,3-4H2;1H;/q;;;+1/p-1. The van der Waals surface area contributed by atoms with Gasteiger partial charge in [0.15, 0.2) is 0 Å². The van der Waals surface area contributed by atoms with Crippen molar-refractivity contribution in [1.82, 2.24) is 0 Å². The summed E-state index contributed by atoms with van der Waals surface area (Å²) in [5.74, 6) is 0. The molecule has 0 aromatic rings. The molecule has 0 spiro atoms. The van der Waals surface area contributed by atoms with Crippen LogP contribution >= 0.6 is 9.58 Å². The topological polar surface area (TPSA) is 0 Å². The minimum absolute atomic E-state index is 1.14. The van der Waals surface area contributed by atoms with Crippen molar-refractivity contribution < 1.29 is 17.9 Å². The zero-order valence-electron chi connectivity index (χ0n) is 8.16. The fraction of sp³-hybridized carbons (Fsp3) is 0.333. The van der Waals surface area contributed by atoms with Crippen LogP contribution in [0.5, 0.6) is 0 Å². The molecular formula is C12H16ClIr. The van der Waals surface area contributed by atoms with E-state index in [1.807, 2.05) is 0 Å². The van der Waals surface area contributed by atoms with E-state index < -0.39 is 0 Å². The van der Waals surface area contributed by atoms with Gasteiger partial charge in [0.25, 0.3) is 0 Å². The van der Waals surface area contributed by atoms with Crippen molar-refractivity contribution in [3.8, 4) is 0 Å². The van der Waals surface area contributed by atoms with Crippen LogP contribution in [0.2, 0.25) is 0 Å². The maximum atomic E-state index is 4.64. The van der Waals surface area contributed by atoms with E-state index >= 15 is 0 Å². The van der Waals surface area contributed by atoms with Crippen LogP contribution in [-0.4, -0.2) is 0 Å². The summed E-state index contributed by atoms with van der Waals surface area (Å²) in [6.45, 7) is 0. The Hall–Kier alpha value is -0.101. The predicted molar refractivity (Wildman–Crippen MR) is 60.9 cm³/mol. The quantitative estimate of drug-likeness (QED) is 0.538. The first-order chi connectivity index (χ1) is 7.00. The van der Waals surface area contributed by atoms with E-state index in [1.165, 1.54) is 17.9 Å². The van der Waals surface area contributed by atoms with Gasteiger partial charge in [0, 0.05) is 0 Å². The number of rotatable bonds is 0. The molecule has 0 bridgehead atoms. The first kappa shape index (κ1) is 13.9. The molecule has 80 valence electrons. The van der Waals surface area contributed by atoms with Gasteiger partial charge >= 0.3 is 27.5 Å². The van der Waals surface area contributed by atoms with Gasteiger partial charge in [0.2, 0.25) is 0 Å². The molecular weight excluding hydrogens is 372 g/mol.